The normalized spacial score (nSPS) is 31.1. The third kappa shape index (κ3) is 3.88. The summed E-state index contributed by atoms with van der Waals surface area (Å²) in [6.07, 6.45) is 3.19. The van der Waals surface area contributed by atoms with Gasteiger partial charge in [-0.25, -0.2) is 0 Å². The van der Waals surface area contributed by atoms with Gasteiger partial charge < -0.3 is 15.3 Å². The fraction of sp³-hybridized carbons (Fsp3) is 0.857. The summed E-state index contributed by atoms with van der Waals surface area (Å²) in [6.45, 7) is 3.74. The number of amides is 1. The Labute approximate surface area is 124 Å². The molecule has 0 radical (unpaired) electrons. The molecule has 3 atom stereocenters. The minimum atomic E-state index is -0.821. The number of carboxylic acids is 1. The van der Waals surface area contributed by atoms with Crippen molar-refractivity contribution in [3.8, 4) is 0 Å². The van der Waals surface area contributed by atoms with Crippen molar-refractivity contribution in [1.29, 1.82) is 0 Å². The van der Waals surface area contributed by atoms with Gasteiger partial charge in [0.25, 0.3) is 0 Å². The Balaban J connectivity index is 1.99. The van der Waals surface area contributed by atoms with Crippen LogP contribution in [0, 0.1) is 5.92 Å². The molecule has 20 heavy (non-hydrogen) atoms. The molecule has 2 fully saturated rings. The fourth-order valence-electron chi connectivity index (χ4n) is 3.07. The number of piperidine rings is 1. The van der Waals surface area contributed by atoms with E-state index in [0.717, 1.165) is 37.3 Å². The smallest absolute Gasteiger partial charge is 0.305 e. The molecule has 0 spiro atoms. The van der Waals surface area contributed by atoms with Gasteiger partial charge in [-0.05, 0) is 25.3 Å². The molecule has 0 saturated carbocycles. The minimum Gasteiger partial charge on any atom is -0.481 e. The monoisotopic (exact) mass is 300 g/mol. The van der Waals surface area contributed by atoms with Crippen LogP contribution in [0.4, 0.5) is 0 Å². The molecule has 0 bridgehead atoms. The van der Waals surface area contributed by atoms with Crippen LogP contribution in [0.3, 0.4) is 0 Å². The van der Waals surface area contributed by atoms with Crippen LogP contribution in [0.15, 0.2) is 0 Å². The molecule has 6 heteroatoms. The Morgan fingerprint density at radius 1 is 1.45 bits per heavy atom. The lowest BCUT2D eigenvalue weighted by molar-refractivity contribution is -0.141. The van der Waals surface area contributed by atoms with E-state index in [4.69, 9.17) is 5.11 Å². The molecule has 2 saturated heterocycles. The summed E-state index contributed by atoms with van der Waals surface area (Å²) in [5.74, 6) is 1.55. The zero-order valence-electron chi connectivity index (χ0n) is 12.0. The van der Waals surface area contributed by atoms with E-state index in [2.05, 4.69) is 12.2 Å². The predicted molar refractivity (Wildman–Crippen MR) is 79.9 cm³/mol. The van der Waals surface area contributed by atoms with Gasteiger partial charge in [0.05, 0.1) is 18.5 Å². The van der Waals surface area contributed by atoms with Crippen molar-refractivity contribution >= 4 is 23.6 Å². The zero-order valence-corrected chi connectivity index (χ0v) is 12.8. The second-order valence-electron chi connectivity index (χ2n) is 5.66. The molecule has 114 valence electrons. The van der Waals surface area contributed by atoms with Crippen molar-refractivity contribution in [3.63, 3.8) is 0 Å². The van der Waals surface area contributed by atoms with Gasteiger partial charge in [-0.2, -0.15) is 11.8 Å². The maximum Gasteiger partial charge on any atom is 0.305 e. The number of thioether (sulfide) groups is 1. The first-order valence-electron chi connectivity index (χ1n) is 7.45. The summed E-state index contributed by atoms with van der Waals surface area (Å²) in [4.78, 5) is 25.4. The van der Waals surface area contributed by atoms with E-state index in [1.165, 1.54) is 0 Å². The van der Waals surface area contributed by atoms with Gasteiger partial charge in [-0.3, -0.25) is 9.59 Å². The van der Waals surface area contributed by atoms with Crippen molar-refractivity contribution < 1.29 is 14.7 Å². The Bertz CT molecular complexity index is 364. The summed E-state index contributed by atoms with van der Waals surface area (Å²) in [5, 5.41) is 12.3. The SMILES string of the molecule is CCC1CCNC(C(=O)N2CCSCC2CC(=O)O)C1. The van der Waals surface area contributed by atoms with Crippen LogP contribution in [0.5, 0.6) is 0 Å². The third-order valence-corrected chi connectivity index (χ3v) is 5.40. The maximum atomic E-state index is 12.7. The Hall–Kier alpha value is -0.750. The first-order chi connectivity index (χ1) is 9.61. The fourth-order valence-corrected chi connectivity index (χ4v) is 4.13. The van der Waals surface area contributed by atoms with E-state index in [-0.39, 0.29) is 24.4 Å². The van der Waals surface area contributed by atoms with Gasteiger partial charge in [0.15, 0.2) is 0 Å². The zero-order chi connectivity index (χ0) is 14.5. The number of hydrogen-bond donors (Lipinski definition) is 2. The molecular weight excluding hydrogens is 276 g/mol. The van der Waals surface area contributed by atoms with Crippen molar-refractivity contribution in [1.82, 2.24) is 10.2 Å². The number of carboxylic acid groups (broad SMARTS) is 1. The van der Waals surface area contributed by atoms with Crippen LogP contribution in [0.25, 0.3) is 0 Å². The van der Waals surface area contributed by atoms with E-state index in [9.17, 15) is 9.59 Å². The van der Waals surface area contributed by atoms with Crippen molar-refractivity contribution in [2.24, 2.45) is 5.92 Å². The average Bonchev–Trinajstić information content (AvgIpc) is 2.46. The van der Waals surface area contributed by atoms with E-state index in [1.54, 1.807) is 16.7 Å². The number of carbonyl (C=O) groups excluding carboxylic acids is 1. The second-order valence-corrected chi connectivity index (χ2v) is 6.81. The molecular formula is C14H24N2O3S. The van der Waals surface area contributed by atoms with Crippen LogP contribution < -0.4 is 5.32 Å². The van der Waals surface area contributed by atoms with Gasteiger partial charge in [0, 0.05) is 18.1 Å². The molecule has 2 heterocycles. The quantitative estimate of drug-likeness (QED) is 0.816. The van der Waals surface area contributed by atoms with Crippen molar-refractivity contribution in [2.75, 3.05) is 24.6 Å². The number of carbonyl (C=O) groups is 2. The van der Waals surface area contributed by atoms with Gasteiger partial charge in [0.2, 0.25) is 5.91 Å². The summed E-state index contributed by atoms with van der Waals surface area (Å²) in [7, 11) is 0. The number of nitrogens with zero attached hydrogens (tertiary/aromatic N) is 1. The number of rotatable bonds is 4. The lowest BCUT2D eigenvalue weighted by Crippen LogP contribution is -2.56. The number of aliphatic carboxylic acids is 1. The minimum absolute atomic E-state index is 0.0582. The molecule has 5 nitrogen and oxygen atoms in total. The maximum absolute atomic E-state index is 12.7. The van der Waals surface area contributed by atoms with Crippen LogP contribution in [0.2, 0.25) is 0 Å². The highest BCUT2D eigenvalue weighted by Gasteiger charge is 2.34. The Morgan fingerprint density at radius 2 is 2.25 bits per heavy atom. The largest absolute Gasteiger partial charge is 0.481 e. The molecule has 2 N–H and O–H groups in total. The highest BCUT2D eigenvalue weighted by molar-refractivity contribution is 7.99. The molecule has 1 amide bonds. The van der Waals surface area contributed by atoms with Gasteiger partial charge in [-0.15, -0.1) is 0 Å². The highest BCUT2D eigenvalue weighted by Crippen LogP contribution is 2.24. The summed E-state index contributed by atoms with van der Waals surface area (Å²) in [5.41, 5.74) is 0. The van der Waals surface area contributed by atoms with E-state index in [1.807, 2.05) is 0 Å². The molecule has 0 aromatic heterocycles. The first kappa shape index (κ1) is 15.6. The summed E-state index contributed by atoms with van der Waals surface area (Å²) in [6, 6.07) is -0.268. The standard InChI is InChI=1S/C14H24N2O3S/c1-2-10-3-4-15-12(7-10)14(19)16-5-6-20-9-11(16)8-13(17)18/h10-12,15H,2-9H2,1H3,(H,17,18). The lowest BCUT2D eigenvalue weighted by Gasteiger charge is -2.39. The van der Waals surface area contributed by atoms with Crippen LogP contribution in [0.1, 0.15) is 32.6 Å². The molecule has 0 aliphatic carbocycles. The average molecular weight is 300 g/mol. The van der Waals surface area contributed by atoms with Crippen molar-refractivity contribution in [2.45, 2.75) is 44.7 Å². The topological polar surface area (TPSA) is 69.6 Å². The predicted octanol–water partition coefficient (Wildman–Crippen LogP) is 1.18. The van der Waals surface area contributed by atoms with Crippen LogP contribution >= 0.6 is 11.8 Å². The highest BCUT2D eigenvalue weighted by atomic mass is 32.2. The second kappa shape index (κ2) is 7.31. The molecule has 0 aromatic rings. The van der Waals surface area contributed by atoms with Gasteiger partial charge in [-0.1, -0.05) is 13.3 Å². The number of nitrogens with one attached hydrogen (secondary N) is 1. The summed E-state index contributed by atoms with van der Waals surface area (Å²) < 4.78 is 0. The molecule has 2 aliphatic rings. The third-order valence-electron chi connectivity index (χ3n) is 4.31. The molecule has 2 aliphatic heterocycles. The van der Waals surface area contributed by atoms with Crippen LogP contribution in [-0.4, -0.2) is 58.6 Å². The first-order valence-corrected chi connectivity index (χ1v) is 8.60. The van der Waals surface area contributed by atoms with E-state index < -0.39 is 5.97 Å². The number of hydrogen-bond acceptors (Lipinski definition) is 4. The molecule has 2 rings (SSSR count). The van der Waals surface area contributed by atoms with E-state index in [0.29, 0.717) is 12.5 Å². The Kier molecular flexibility index (Phi) is 5.72. The Morgan fingerprint density at radius 3 is 2.95 bits per heavy atom. The lowest BCUT2D eigenvalue weighted by atomic mass is 9.89. The summed E-state index contributed by atoms with van der Waals surface area (Å²) >= 11 is 1.74. The molecule has 3 unspecified atom stereocenters. The van der Waals surface area contributed by atoms with Crippen molar-refractivity contribution in [3.05, 3.63) is 0 Å². The van der Waals surface area contributed by atoms with Crippen LogP contribution in [-0.2, 0) is 9.59 Å². The van der Waals surface area contributed by atoms with E-state index >= 15 is 0 Å². The van der Waals surface area contributed by atoms with Gasteiger partial charge in [0.1, 0.15) is 0 Å². The van der Waals surface area contributed by atoms with Gasteiger partial charge >= 0.3 is 5.97 Å². The molecule has 0 aromatic carbocycles.